The number of sulfonamides is 1. The lowest BCUT2D eigenvalue weighted by molar-refractivity contribution is -0.140. The molecule has 0 aliphatic rings. The number of amides is 2. The van der Waals surface area contributed by atoms with E-state index in [4.69, 9.17) is 4.74 Å². The SMILES string of the molecule is COc1ccc(C)cc1N(CC(=O)N(Cc1ccccc1C)[C@@H](Cc1ccccc1)C(=O)NCC(C)C)S(C)(=O)=O. The predicted octanol–water partition coefficient (Wildman–Crippen LogP) is 4.49. The van der Waals surface area contributed by atoms with Crippen molar-refractivity contribution in [1.29, 1.82) is 0 Å². The van der Waals surface area contributed by atoms with E-state index in [1.807, 2.05) is 88.4 Å². The Bertz CT molecular complexity index is 1440. The molecular formula is C32H41N3O5S. The maximum atomic E-state index is 14.2. The number of ether oxygens (including phenoxy) is 1. The Morgan fingerprint density at radius 3 is 2.22 bits per heavy atom. The minimum Gasteiger partial charge on any atom is -0.495 e. The molecule has 220 valence electrons. The van der Waals surface area contributed by atoms with Crippen molar-refractivity contribution in [2.24, 2.45) is 5.92 Å². The van der Waals surface area contributed by atoms with Crippen LogP contribution in [0.4, 0.5) is 5.69 Å². The van der Waals surface area contributed by atoms with Crippen molar-refractivity contribution in [3.05, 3.63) is 95.1 Å². The number of methoxy groups -OCH3 is 1. The Morgan fingerprint density at radius 2 is 1.61 bits per heavy atom. The Kier molecular flexibility index (Phi) is 10.9. The number of nitrogens with zero attached hydrogens (tertiary/aromatic N) is 2. The van der Waals surface area contributed by atoms with Crippen LogP contribution in [0.1, 0.15) is 36.1 Å². The molecule has 0 fully saturated rings. The summed E-state index contributed by atoms with van der Waals surface area (Å²) in [6, 6.07) is 21.5. The van der Waals surface area contributed by atoms with Crippen molar-refractivity contribution in [1.82, 2.24) is 10.2 Å². The van der Waals surface area contributed by atoms with Gasteiger partial charge in [0.1, 0.15) is 18.3 Å². The van der Waals surface area contributed by atoms with Gasteiger partial charge >= 0.3 is 0 Å². The fourth-order valence-electron chi connectivity index (χ4n) is 4.54. The monoisotopic (exact) mass is 579 g/mol. The normalized spacial score (nSPS) is 12.1. The number of carbonyl (C=O) groups is 2. The summed E-state index contributed by atoms with van der Waals surface area (Å²) in [5, 5.41) is 2.99. The van der Waals surface area contributed by atoms with Crippen molar-refractivity contribution in [3.8, 4) is 5.75 Å². The molecule has 41 heavy (non-hydrogen) atoms. The molecule has 0 saturated carbocycles. The maximum absolute atomic E-state index is 14.2. The smallest absolute Gasteiger partial charge is 0.244 e. The summed E-state index contributed by atoms with van der Waals surface area (Å²) in [5.74, 6) is -0.243. The molecule has 8 nitrogen and oxygen atoms in total. The van der Waals surface area contributed by atoms with E-state index >= 15 is 0 Å². The van der Waals surface area contributed by atoms with E-state index in [1.54, 1.807) is 12.1 Å². The molecule has 0 aliphatic heterocycles. The lowest BCUT2D eigenvalue weighted by atomic mass is 10.0. The van der Waals surface area contributed by atoms with E-state index in [0.29, 0.717) is 12.3 Å². The summed E-state index contributed by atoms with van der Waals surface area (Å²) in [5.41, 5.74) is 3.80. The van der Waals surface area contributed by atoms with Crippen molar-refractivity contribution in [2.75, 3.05) is 30.8 Å². The minimum atomic E-state index is -3.90. The lowest BCUT2D eigenvalue weighted by Gasteiger charge is -2.34. The number of carbonyl (C=O) groups excluding carboxylic acids is 2. The Hall–Kier alpha value is -3.85. The molecule has 0 saturated heterocycles. The van der Waals surface area contributed by atoms with Crippen LogP contribution in [-0.2, 0) is 32.6 Å². The molecule has 3 rings (SSSR count). The minimum absolute atomic E-state index is 0.140. The highest BCUT2D eigenvalue weighted by molar-refractivity contribution is 7.92. The predicted molar refractivity (Wildman–Crippen MR) is 163 cm³/mol. The van der Waals surface area contributed by atoms with Gasteiger partial charge in [0.25, 0.3) is 0 Å². The van der Waals surface area contributed by atoms with Gasteiger partial charge in [0.15, 0.2) is 0 Å². The van der Waals surface area contributed by atoms with Crippen LogP contribution in [0.25, 0.3) is 0 Å². The molecule has 0 spiro atoms. The zero-order valence-corrected chi connectivity index (χ0v) is 25.6. The zero-order chi connectivity index (χ0) is 30.2. The highest BCUT2D eigenvalue weighted by atomic mass is 32.2. The van der Waals surface area contributed by atoms with Crippen LogP contribution < -0.4 is 14.4 Å². The van der Waals surface area contributed by atoms with Crippen LogP contribution in [0, 0.1) is 19.8 Å². The molecule has 0 radical (unpaired) electrons. The molecule has 9 heteroatoms. The summed E-state index contributed by atoms with van der Waals surface area (Å²) in [4.78, 5) is 29.5. The summed E-state index contributed by atoms with van der Waals surface area (Å²) >= 11 is 0. The van der Waals surface area contributed by atoms with Gasteiger partial charge in [-0.3, -0.25) is 13.9 Å². The Morgan fingerprint density at radius 1 is 0.951 bits per heavy atom. The molecule has 0 aromatic heterocycles. The number of hydrogen-bond donors (Lipinski definition) is 1. The van der Waals surface area contributed by atoms with E-state index in [0.717, 1.165) is 32.8 Å². The highest BCUT2D eigenvalue weighted by Gasteiger charge is 2.34. The number of hydrogen-bond acceptors (Lipinski definition) is 5. The zero-order valence-electron chi connectivity index (χ0n) is 24.8. The van der Waals surface area contributed by atoms with Crippen molar-refractivity contribution < 1.29 is 22.7 Å². The van der Waals surface area contributed by atoms with E-state index < -0.39 is 28.5 Å². The topological polar surface area (TPSA) is 96.0 Å². The molecule has 1 atom stereocenters. The molecule has 0 unspecified atom stereocenters. The first-order valence-electron chi connectivity index (χ1n) is 13.7. The second kappa shape index (κ2) is 14.2. The van der Waals surface area contributed by atoms with Gasteiger partial charge in [0, 0.05) is 19.5 Å². The molecule has 3 aromatic carbocycles. The van der Waals surface area contributed by atoms with Crippen molar-refractivity contribution in [2.45, 2.75) is 46.7 Å². The first kappa shape index (κ1) is 31.7. The first-order valence-corrected chi connectivity index (χ1v) is 15.5. The van der Waals surface area contributed by atoms with Gasteiger partial charge in [-0.25, -0.2) is 8.42 Å². The molecular weight excluding hydrogens is 538 g/mol. The first-order chi connectivity index (χ1) is 19.4. The fraction of sp³-hybridized carbons (Fsp3) is 0.375. The second-order valence-electron chi connectivity index (χ2n) is 10.7. The standard InChI is InChI=1S/C32H41N3O5S/c1-23(2)20-33-32(37)29(19-26-13-8-7-9-14-26)34(21-27-15-11-10-12-25(27)4)31(36)22-35(41(6,38)39)28-18-24(3)16-17-30(28)40-5/h7-18,23,29H,19-22H2,1-6H3,(H,33,37)/t29-/m0/s1. The number of aryl methyl sites for hydroxylation is 2. The van der Waals surface area contributed by atoms with Crippen LogP contribution in [0.5, 0.6) is 5.75 Å². The largest absolute Gasteiger partial charge is 0.495 e. The Balaban J connectivity index is 2.10. The van der Waals surface area contributed by atoms with Gasteiger partial charge in [-0.05, 0) is 54.2 Å². The lowest BCUT2D eigenvalue weighted by Crippen LogP contribution is -2.53. The van der Waals surface area contributed by atoms with E-state index in [9.17, 15) is 18.0 Å². The summed E-state index contributed by atoms with van der Waals surface area (Å²) in [7, 11) is -2.44. The quantitative estimate of drug-likeness (QED) is 0.322. The van der Waals surface area contributed by atoms with Gasteiger partial charge < -0.3 is 15.0 Å². The molecule has 1 N–H and O–H groups in total. The van der Waals surface area contributed by atoms with Crippen molar-refractivity contribution >= 4 is 27.5 Å². The van der Waals surface area contributed by atoms with E-state index in [-0.39, 0.29) is 30.5 Å². The molecule has 0 bridgehead atoms. The summed E-state index contributed by atoms with van der Waals surface area (Å²) in [6.45, 7) is 7.89. The molecule has 3 aromatic rings. The van der Waals surface area contributed by atoms with Gasteiger partial charge in [0.05, 0.1) is 19.1 Å². The van der Waals surface area contributed by atoms with Gasteiger partial charge in [-0.15, -0.1) is 0 Å². The summed E-state index contributed by atoms with van der Waals surface area (Å²) in [6.07, 6.45) is 1.33. The van der Waals surface area contributed by atoms with Crippen molar-refractivity contribution in [3.63, 3.8) is 0 Å². The second-order valence-corrected chi connectivity index (χ2v) is 12.6. The third kappa shape index (κ3) is 8.82. The molecule has 0 heterocycles. The van der Waals surface area contributed by atoms with E-state index in [2.05, 4.69) is 5.32 Å². The van der Waals surface area contributed by atoms with E-state index in [1.165, 1.54) is 12.0 Å². The number of benzene rings is 3. The molecule has 0 aliphatic carbocycles. The Labute approximate surface area is 244 Å². The third-order valence-corrected chi connectivity index (χ3v) is 7.97. The van der Waals surface area contributed by atoms with Crippen LogP contribution in [-0.4, -0.2) is 57.6 Å². The van der Waals surface area contributed by atoms with Gasteiger partial charge in [0.2, 0.25) is 21.8 Å². The average molecular weight is 580 g/mol. The third-order valence-electron chi connectivity index (χ3n) is 6.84. The average Bonchev–Trinajstić information content (AvgIpc) is 2.93. The van der Waals surface area contributed by atoms with Crippen LogP contribution in [0.15, 0.2) is 72.8 Å². The number of anilines is 1. The van der Waals surface area contributed by atoms with Crippen LogP contribution in [0.3, 0.4) is 0 Å². The van der Waals surface area contributed by atoms with Gasteiger partial charge in [-0.1, -0.05) is 74.5 Å². The maximum Gasteiger partial charge on any atom is 0.244 e. The number of rotatable bonds is 13. The summed E-state index contributed by atoms with van der Waals surface area (Å²) < 4.78 is 32.7. The van der Waals surface area contributed by atoms with Gasteiger partial charge in [-0.2, -0.15) is 0 Å². The van der Waals surface area contributed by atoms with Crippen LogP contribution in [0.2, 0.25) is 0 Å². The number of nitrogens with one attached hydrogen (secondary N) is 1. The fourth-order valence-corrected chi connectivity index (χ4v) is 5.38. The molecule has 2 amide bonds. The highest BCUT2D eigenvalue weighted by Crippen LogP contribution is 2.31. The van der Waals surface area contributed by atoms with Crippen LogP contribution >= 0.6 is 0 Å².